The Bertz CT molecular complexity index is 1150. The third-order valence-electron chi connectivity index (χ3n) is 6.54. The lowest BCUT2D eigenvalue weighted by molar-refractivity contribution is -0.121. The summed E-state index contributed by atoms with van der Waals surface area (Å²) in [4.78, 5) is 32.1. The highest BCUT2D eigenvalue weighted by molar-refractivity contribution is 5.95. The maximum Gasteiger partial charge on any atom is 0.274 e. The van der Waals surface area contributed by atoms with Crippen LogP contribution in [0.5, 0.6) is 0 Å². The number of rotatable bonds is 4. The van der Waals surface area contributed by atoms with E-state index in [1.54, 1.807) is 6.33 Å². The molecule has 1 atom stereocenters. The molecule has 0 radical (unpaired) electrons. The van der Waals surface area contributed by atoms with E-state index < -0.39 is 0 Å². The predicted octanol–water partition coefficient (Wildman–Crippen LogP) is 3.95. The maximum atomic E-state index is 13.2. The zero-order valence-electron chi connectivity index (χ0n) is 18.7. The second-order valence-corrected chi connectivity index (χ2v) is 8.83. The Morgan fingerprint density at radius 1 is 1.06 bits per heavy atom. The second-order valence-electron chi connectivity index (χ2n) is 8.83. The number of hydrogen-bond acceptors (Lipinski definition) is 4. The van der Waals surface area contributed by atoms with Gasteiger partial charge < -0.3 is 19.5 Å². The van der Waals surface area contributed by atoms with E-state index in [0.717, 1.165) is 22.5 Å². The molecule has 2 aliphatic heterocycles. The molecule has 7 nitrogen and oxygen atoms in total. The standard InChI is InChI=1S/C26H28N4O3/c1-18-6-5-9-21(14-18)28-25(31)20-10-12-29(13-11-20)26(32)24-22-16-33-23(15-30(22)17-27-24)19-7-3-2-4-8-19/h2-9,14,17,20,23H,10-13,15-16H2,1H3,(H,28,31)/t23-/m0/s1. The van der Waals surface area contributed by atoms with Crippen molar-refractivity contribution < 1.29 is 14.3 Å². The number of benzene rings is 2. The summed E-state index contributed by atoms with van der Waals surface area (Å²) in [6.07, 6.45) is 2.99. The minimum absolute atomic E-state index is 0.0208. The lowest BCUT2D eigenvalue weighted by atomic mass is 9.95. The van der Waals surface area contributed by atoms with Gasteiger partial charge in [0.2, 0.25) is 5.91 Å². The Balaban J connectivity index is 1.19. The first-order valence-electron chi connectivity index (χ1n) is 11.5. The SMILES string of the molecule is Cc1cccc(NC(=O)C2CCN(C(=O)c3ncn4c3CO[C@H](c3ccccc3)C4)CC2)c1. The number of anilines is 1. The number of nitrogens with zero attached hydrogens (tertiary/aromatic N) is 3. The van der Waals surface area contributed by atoms with Gasteiger partial charge >= 0.3 is 0 Å². The fraction of sp³-hybridized carbons (Fsp3) is 0.346. The zero-order chi connectivity index (χ0) is 22.8. The first-order chi connectivity index (χ1) is 16.1. The van der Waals surface area contributed by atoms with Crippen LogP contribution in [-0.2, 0) is 22.7 Å². The average molecular weight is 445 g/mol. The molecule has 1 N–H and O–H groups in total. The van der Waals surface area contributed by atoms with Gasteiger partial charge in [0.05, 0.1) is 25.2 Å². The van der Waals surface area contributed by atoms with Crippen LogP contribution in [0.3, 0.4) is 0 Å². The lowest BCUT2D eigenvalue weighted by Crippen LogP contribution is -2.42. The molecule has 1 fully saturated rings. The van der Waals surface area contributed by atoms with Crippen LogP contribution in [0.25, 0.3) is 0 Å². The van der Waals surface area contributed by atoms with Crippen LogP contribution in [0.1, 0.15) is 46.3 Å². The Morgan fingerprint density at radius 3 is 2.61 bits per heavy atom. The molecule has 1 aromatic heterocycles. The summed E-state index contributed by atoms with van der Waals surface area (Å²) in [5.74, 6) is -0.157. The van der Waals surface area contributed by atoms with Crippen LogP contribution in [0.2, 0.25) is 0 Å². The average Bonchev–Trinajstić information content (AvgIpc) is 3.27. The van der Waals surface area contributed by atoms with Gasteiger partial charge in [0, 0.05) is 24.7 Å². The molecule has 2 aromatic carbocycles. The molecule has 0 bridgehead atoms. The second kappa shape index (κ2) is 9.19. The molecule has 3 aromatic rings. The number of amides is 2. The van der Waals surface area contributed by atoms with Crippen LogP contribution in [0.15, 0.2) is 60.9 Å². The normalized spacial score (nSPS) is 18.6. The third kappa shape index (κ3) is 4.54. The molecule has 5 rings (SSSR count). The largest absolute Gasteiger partial charge is 0.365 e. The number of likely N-dealkylation sites (tertiary alicyclic amines) is 1. The number of nitrogens with one attached hydrogen (secondary N) is 1. The van der Waals surface area contributed by atoms with E-state index in [4.69, 9.17) is 4.74 Å². The minimum Gasteiger partial charge on any atom is -0.365 e. The summed E-state index contributed by atoms with van der Waals surface area (Å²) in [6.45, 7) is 4.09. The van der Waals surface area contributed by atoms with Crippen molar-refractivity contribution in [1.82, 2.24) is 14.5 Å². The maximum absolute atomic E-state index is 13.2. The number of fused-ring (bicyclic) bond motifs is 1. The number of aryl methyl sites for hydroxylation is 1. The van der Waals surface area contributed by atoms with Crippen molar-refractivity contribution in [1.29, 1.82) is 0 Å². The van der Waals surface area contributed by atoms with Gasteiger partial charge in [-0.05, 0) is 43.0 Å². The van der Waals surface area contributed by atoms with E-state index in [0.29, 0.717) is 44.8 Å². The first kappa shape index (κ1) is 21.4. The highest BCUT2D eigenvalue weighted by Crippen LogP contribution is 2.29. The lowest BCUT2D eigenvalue weighted by Gasteiger charge is -2.31. The minimum atomic E-state index is -0.0968. The van der Waals surface area contributed by atoms with Crippen molar-refractivity contribution in [2.45, 2.75) is 39.0 Å². The van der Waals surface area contributed by atoms with Crippen LogP contribution < -0.4 is 5.32 Å². The Morgan fingerprint density at radius 2 is 1.85 bits per heavy atom. The molecule has 2 aliphatic rings. The predicted molar refractivity (Wildman–Crippen MR) is 125 cm³/mol. The van der Waals surface area contributed by atoms with Crippen molar-refractivity contribution in [2.24, 2.45) is 5.92 Å². The van der Waals surface area contributed by atoms with Gasteiger partial charge in [0.25, 0.3) is 5.91 Å². The van der Waals surface area contributed by atoms with E-state index in [-0.39, 0.29) is 23.8 Å². The molecule has 2 amide bonds. The van der Waals surface area contributed by atoms with E-state index in [1.807, 2.05) is 58.9 Å². The van der Waals surface area contributed by atoms with Gasteiger partial charge in [-0.1, -0.05) is 42.5 Å². The molecule has 0 aliphatic carbocycles. The zero-order valence-corrected chi connectivity index (χ0v) is 18.7. The summed E-state index contributed by atoms with van der Waals surface area (Å²) in [5.41, 5.74) is 4.33. The van der Waals surface area contributed by atoms with Gasteiger partial charge in [0.1, 0.15) is 6.10 Å². The van der Waals surface area contributed by atoms with E-state index in [9.17, 15) is 9.59 Å². The van der Waals surface area contributed by atoms with Crippen molar-refractivity contribution in [3.8, 4) is 0 Å². The molecular weight excluding hydrogens is 416 g/mol. The molecular formula is C26H28N4O3. The number of aromatic nitrogens is 2. The number of carbonyl (C=O) groups excluding carboxylic acids is 2. The topological polar surface area (TPSA) is 76.5 Å². The summed E-state index contributed by atoms with van der Waals surface area (Å²) < 4.78 is 8.08. The highest BCUT2D eigenvalue weighted by atomic mass is 16.5. The quantitative estimate of drug-likeness (QED) is 0.661. The van der Waals surface area contributed by atoms with Crippen LogP contribution in [-0.4, -0.2) is 39.4 Å². The van der Waals surface area contributed by atoms with Gasteiger partial charge in [-0.2, -0.15) is 0 Å². The monoisotopic (exact) mass is 444 g/mol. The molecule has 0 unspecified atom stereocenters. The summed E-state index contributed by atoms with van der Waals surface area (Å²) >= 11 is 0. The van der Waals surface area contributed by atoms with Crippen LogP contribution in [0, 0.1) is 12.8 Å². The van der Waals surface area contributed by atoms with Gasteiger partial charge in [0.15, 0.2) is 5.69 Å². The van der Waals surface area contributed by atoms with Crippen molar-refractivity contribution in [3.63, 3.8) is 0 Å². The van der Waals surface area contributed by atoms with Crippen molar-refractivity contribution >= 4 is 17.5 Å². The fourth-order valence-corrected chi connectivity index (χ4v) is 4.64. The number of hydrogen-bond donors (Lipinski definition) is 1. The van der Waals surface area contributed by atoms with Gasteiger partial charge in [-0.15, -0.1) is 0 Å². The van der Waals surface area contributed by atoms with Gasteiger partial charge in [-0.3, -0.25) is 9.59 Å². The van der Waals surface area contributed by atoms with Gasteiger partial charge in [-0.25, -0.2) is 4.98 Å². The smallest absolute Gasteiger partial charge is 0.274 e. The molecule has 0 saturated carbocycles. The first-order valence-corrected chi connectivity index (χ1v) is 11.5. The number of imidazole rings is 1. The van der Waals surface area contributed by atoms with Crippen LogP contribution >= 0.6 is 0 Å². The number of ether oxygens (including phenoxy) is 1. The highest BCUT2D eigenvalue weighted by Gasteiger charge is 2.32. The Hall–Kier alpha value is -3.45. The summed E-state index contributed by atoms with van der Waals surface area (Å²) in [5, 5.41) is 3.01. The third-order valence-corrected chi connectivity index (χ3v) is 6.54. The van der Waals surface area contributed by atoms with Crippen molar-refractivity contribution in [2.75, 3.05) is 18.4 Å². The fourth-order valence-electron chi connectivity index (χ4n) is 4.64. The molecule has 1 saturated heterocycles. The molecule has 0 spiro atoms. The molecule has 3 heterocycles. The number of carbonyl (C=O) groups is 2. The molecule has 170 valence electrons. The van der Waals surface area contributed by atoms with Crippen molar-refractivity contribution in [3.05, 3.63) is 83.4 Å². The Labute approximate surface area is 193 Å². The number of piperidine rings is 1. The summed E-state index contributed by atoms with van der Waals surface area (Å²) in [6, 6.07) is 17.9. The van der Waals surface area contributed by atoms with E-state index in [2.05, 4.69) is 22.4 Å². The summed E-state index contributed by atoms with van der Waals surface area (Å²) in [7, 11) is 0. The Kier molecular flexibility index (Phi) is 5.96. The molecule has 7 heteroatoms. The van der Waals surface area contributed by atoms with Crippen LogP contribution in [0.4, 0.5) is 5.69 Å². The van der Waals surface area contributed by atoms with E-state index >= 15 is 0 Å². The van der Waals surface area contributed by atoms with E-state index in [1.165, 1.54) is 0 Å². The molecule has 33 heavy (non-hydrogen) atoms.